The molecule has 0 spiro atoms. The first-order chi connectivity index (χ1) is 7.72. The summed E-state index contributed by atoms with van der Waals surface area (Å²) in [5.74, 6) is -3.93. The van der Waals surface area contributed by atoms with Crippen molar-refractivity contribution in [3.8, 4) is 0 Å². The molecule has 0 aromatic carbocycles. The van der Waals surface area contributed by atoms with Crippen molar-refractivity contribution in [1.29, 1.82) is 0 Å². The summed E-state index contributed by atoms with van der Waals surface area (Å²) in [6.45, 7) is 2.46. The van der Waals surface area contributed by atoms with E-state index in [9.17, 15) is 15.0 Å². The fourth-order valence-corrected chi connectivity index (χ4v) is 1.08. The largest absolute Gasteiger partial charge is 0.405 e. The summed E-state index contributed by atoms with van der Waals surface area (Å²) in [4.78, 5) is 11.1. The van der Waals surface area contributed by atoms with Crippen LogP contribution in [0.5, 0.6) is 0 Å². The molecule has 7 nitrogen and oxygen atoms in total. The molecule has 0 saturated heterocycles. The van der Waals surface area contributed by atoms with Gasteiger partial charge in [-0.3, -0.25) is 0 Å². The normalized spacial score (nSPS) is 12.4. The number of carbonyl (C=O) groups excluding carboxylic acids is 1. The standard InChI is InChI=1S/C10H18O7/c1-7(2)8(14)17-10(15,16)3-9(4-11,5-12)6-13/h11-13,15-16H,1,3-6H2,2H3. The SMILES string of the molecule is C=C(C)C(=O)OC(O)(O)CC(CO)(CO)CO. The predicted molar refractivity (Wildman–Crippen MR) is 56.4 cm³/mol. The summed E-state index contributed by atoms with van der Waals surface area (Å²) in [6.07, 6.45) is -0.734. The number of hydrogen-bond donors (Lipinski definition) is 5. The fourth-order valence-electron chi connectivity index (χ4n) is 1.08. The highest BCUT2D eigenvalue weighted by Crippen LogP contribution is 2.27. The van der Waals surface area contributed by atoms with Gasteiger partial charge in [-0.25, -0.2) is 4.79 Å². The zero-order valence-corrected chi connectivity index (χ0v) is 9.59. The lowest BCUT2D eigenvalue weighted by atomic mass is 9.86. The summed E-state index contributed by atoms with van der Waals surface area (Å²) >= 11 is 0. The molecular formula is C10H18O7. The molecule has 0 saturated carbocycles. The van der Waals surface area contributed by atoms with Crippen molar-refractivity contribution in [2.24, 2.45) is 5.41 Å². The number of rotatable bonds is 7. The first-order valence-electron chi connectivity index (χ1n) is 4.88. The van der Waals surface area contributed by atoms with E-state index in [4.69, 9.17) is 15.3 Å². The molecule has 0 rings (SSSR count). The van der Waals surface area contributed by atoms with Gasteiger partial charge in [-0.05, 0) is 6.92 Å². The molecule has 0 aromatic heterocycles. The summed E-state index contributed by atoms with van der Waals surface area (Å²) in [7, 11) is 0. The molecule has 0 aliphatic heterocycles. The maximum Gasteiger partial charge on any atom is 0.337 e. The molecule has 0 radical (unpaired) electrons. The fraction of sp³-hybridized carbons (Fsp3) is 0.700. The van der Waals surface area contributed by atoms with Gasteiger partial charge in [0.1, 0.15) is 0 Å². The average molecular weight is 250 g/mol. The third-order valence-electron chi connectivity index (χ3n) is 2.22. The number of ether oxygens (including phenoxy) is 1. The van der Waals surface area contributed by atoms with Crippen LogP contribution in [0.4, 0.5) is 0 Å². The summed E-state index contributed by atoms with van der Waals surface area (Å²) < 4.78 is 4.30. The lowest BCUT2D eigenvalue weighted by Gasteiger charge is -2.33. The summed E-state index contributed by atoms with van der Waals surface area (Å²) in [5, 5.41) is 45.8. The molecule has 0 heterocycles. The second-order valence-electron chi connectivity index (χ2n) is 4.06. The Balaban J connectivity index is 4.72. The van der Waals surface area contributed by atoms with E-state index < -0.39 is 43.6 Å². The third kappa shape index (κ3) is 4.80. The zero-order chi connectivity index (χ0) is 13.7. The van der Waals surface area contributed by atoms with Gasteiger partial charge in [0.2, 0.25) is 0 Å². The van der Waals surface area contributed by atoms with Crippen molar-refractivity contribution < 1.29 is 35.1 Å². The van der Waals surface area contributed by atoms with Crippen molar-refractivity contribution in [3.63, 3.8) is 0 Å². The van der Waals surface area contributed by atoms with Gasteiger partial charge in [0, 0.05) is 11.0 Å². The highest BCUT2D eigenvalue weighted by molar-refractivity contribution is 5.87. The van der Waals surface area contributed by atoms with Crippen molar-refractivity contribution in [2.75, 3.05) is 19.8 Å². The molecule has 0 aliphatic carbocycles. The number of hydrogen-bond acceptors (Lipinski definition) is 7. The van der Waals surface area contributed by atoms with Crippen molar-refractivity contribution >= 4 is 5.97 Å². The van der Waals surface area contributed by atoms with Crippen LogP contribution in [0, 0.1) is 5.41 Å². The van der Waals surface area contributed by atoms with Crippen molar-refractivity contribution in [1.82, 2.24) is 0 Å². The molecule has 0 aliphatic rings. The second kappa shape index (κ2) is 6.08. The minimum absolute atomic E-state index is 0.0416. The average Bonchev–Trinajstić information content (AvgIpc) is 2.25. The monoisotopic (exact) mass is 250 g/mol. The van der Waals surface area contributed by atoms with Crippen LogP contribution >= 0.6 is 0 Å². The van der Waals surface area contributed by atoms with Gasteiger partial charge in [-0.1, -0.05) is 6.58 Å². The zero-order valence-electron chi connectivity index (χ0n) is 9.59. The van der Waals surface area contributed by atoms with E-state index in [1.807, 2.05) is 0 Å². The quantitative estimate of drug-likeness (QED) is 0.203. The van der Waals surface area contributed by atoms with Gasteiger partial charge >= 0.3 is 11.9 Å². The molecule has 0 atom stereocenters. The maximum atomic E-state index is 11.1. The molecule has 0 unspecified atom stereocenters. The second-order valence-corrected chi connectivity index (χ2v) is 4.06. The molecule has 0 aromatic rings. The van der Waals surface area contributed by atoms with Crippen LogP contribution in [0.25, 0.3) is 0 Å². The van der Waals surface area contributed by atoms with Crippen LogP contribution in [0.1, 0.15) is 13.3 Å². The molecule has 17 heavy (non-hydrogen) atoms. The van der Waals surface area contributed by atoms with Crippen molar-refractivity contribution in [2.45, 2.75) is 19.3 Å². The highest BCUT2D eigenvalue weighted by atomic mass is 16.8. The van der Waals surface area contributed by atoms with Gasteiger partial charge in [0.15, 0.2) is 0 Å². The molecule has 7 heteroatoms. The van der Waals surface area contributed by atoms with E-state index >= 15 is 0 Å². The van der Waals surface area contributed by atoms with E-state index in [2.05, 4.69) is 11.3 Å². The van der Waals surface area contributed by atoms with Gasteiger partial charge in [-0.15, -0.1) is 0 Å². The Morgan fingerprint density at radius 3 is 1.88 bits per heavy atom. The number of esters is 1. The number of aliphatic hydroxyl groups excluding tert-OH is 3. The Labute approximate surface area is 98.6 Å². The lowest BCUT2D eigenvalue weighted by molar-refractivity contribution is -0.335. The first-order valence-corrected chi connectivity index (χ1v) is 4.88. The maximum absolute atomic E-state index is 11.1. The van der Waals surface area contributed by atoms with Crippen LogP contribution in [-0.4, -0.2) is 57.3 Å². The van der Waals surface area contributed by atoms with Crippen LogP contribution in [-0.2, 0) is 9.53 Å². The minimum atomic E-state index is -2.90. The molecular weight excluding hydrogens is 232 g/mol. The number of carbonyl (C=O) groups is 1. The van der Waals surface area contributed by atoms with Crippen LogP contribution in [0.2, 0.25) is 0 Å². The van der Waals surface area contributed by atoms with E-state index in [0.29, 0.717) is 0 Å². The van der Waals surface area contributed by atoms with Crippen LogP contribution < -0.4 is 0 Å². The Kier molecular flexibility index (Phi) is 5.73. The van der Waals surface area contributed by atoms with Gasteiger partial charge in [0.25, 0.3) is 0 Å². The minimum Gasteiger partial charge on any atom is -0.405 e. The first kappa shape index (κ1) is 16.0. The molecule has 0 amide bonds. The van der Waals surface area contributed by atoms with E-state index in [1.165, 1.54) is 6.92 Å². The Morgan fingerprint density at radius 2 is 1.59 bits per heavy atom. The molecule has 0 fully saturated rings. The summed E-state index contributed by atoms with van der Waals surface area (Å²) in [5.41, 5.74) is -1.60. The Bertz CT molecular complexity index is 272. The van der Waals surface area contributed by atoms with E-state index in [-0.39, 0.29) is 5.57 Å². The van der Waals surface area contributed by atoms with Crippen LogP contribution in [0.15, 0.2) is 12.2 Å². The highest BCUT2D eigenvalue weighted by Gasteiger charge is 2.41. The van der Waals surface area contributed by atoms with Gasteiger partial charge in [0.05, 0.1) is 26.2 Å². The Morgan fingerprint density at radius 1 is 1.18 bits per heavy atom. The number of aliphatic hydroxyl groups is 5. The molecule has 100 valence electrons. The molecule has 5 N–H and O–H groups in total. The topological polar surface area (TPSA) is 127 Å². The van der Waals surface area contributed by atoms with Gasteiger partial charge in [-0.2, -0.15) is 0 Å². The lowest BCUT2D eigenvalue weighted by Crippen LogP contribution is -2.46. The Hall–Kier alpha value is -0.990. The summed E-state index contributed by atoms with van der Waals surface area (Å²) in [6, 6.07) is 0. The molecule has 0 bridgehead atoms. The van der Waals surface area contributed by atoms with Gasteiger partial charge < -0.3 is 30.3 Å². The third-order valence-corrected chi connectivity index (χ3v) is 2.22. The van der Waals surface area contributed by atoms with E-state index in [0.717, 1.165) is 0 Å². The predicted octanol–water partition coefficient (Wildman–Crippen LogP) is -1.90. The van der Waals surface area contributed by atoms with Crippen molar-refractivity contribution in [3.05, 3.63) is 12.2 Å². The van der Waals surface area contributed by atoms with E-state index in [1.54, 1.807) is 0 Å². The smallest absolute Gasteiger partial charge is 0.337 e. The van der Waals surface area contributed by atoms with Crippen LogP contribution in [0.3, 0.4) is 0 Å².